The third-order valence-electron chi connectivity index (χ3n) is 2.24. The minimum absolute atomic E-state index is 0.0256. The quantitative estimate of drug-likeness (QED) is 0.748. The number of carbonyl (C=O) groups is 1. The van der Waals surface area contributed by atoms with Crippen LogP contribution in [-0.2, 0) is 16.9 Å². The summed E-state index contributed by atoms with van der Waals surface area (Å²) in [7, 11) is 0. The number of alkyl halides is 5. The molecule has 0 aliphatic carbocycles. The molecule has 0 aliphatic heterocycles. The molecule has 0 aromatic heterocycles. The van der Waals surface area contributed by atoms with E-state index in [1.807, 2.05) is 0 Å². The zero-order valence-corrected chi connectivity index (χ0v) is 11.2. The fourth-order valence-corrected chi connectivity index (χ4v) is 2.11. The zero-order valence-electron chi connectivity index (χ0n) is 8.81. The van der Waals surface area contributed by atoms with E-state index in [0.717, 1.165) is 0 Å². The largest absolute Gasteiger partial charge is 0.417 e. The normalized spacial score (nSPS) is 13.5. The molecule has 0 bridgehead atoms. The lowest BCUT2D eigenvalue weighted by Gasteiger charge is -2.18. The first-order valence-electron chi connectivity index (χ1n) is 4.68. The van der Waals surface area contributed by atoms with Gasteiger partial charge in [0.05, 0.1) is 10.4 Å². The van der Waals surface area contributed by atoms with E-state index in [0.29, 0.717) is 0 Å². The van der Waals surface area contributed by atoms with Gasteiger partial charge >= 0.3 is 6.18 Å². The molecule has 1 atom stereocenters. The van der Waals surface area contributed by atoms with Crippen LogP contribution in [0.1, 0.15) is 28.4 Å². The molecule has 0 aliphatic rings. The van der Waals surface area contributed by atoms with Gasteiger partial charge in [0.2, 0.25) is 0 Å². The van der Waals surface area contributed by atoms with Crippen LogP contribution in [0.4, 0.5) is 13.2 Å². The lowest BCUT2D eigenvalue weighted by Crippen LogP contribution is -2.15. The first-order valence-corrected chi connectivity index (χ1v) is 6.13. The number of Topliss-reactive ketones (excluding diaryl/α,β-unsaturated/α-hetero) is 1. The molecule has 1 aromatic rings. The van der Waals surface area contributed by atoms with E-state index in [9.17, 15) is 18.0 Å². The highest BCUT2D eigenvalue weighted by Crippen LogP contribution is 2.40. The van der Waals surface area contributed by atoms with Crippen molar-refractivity contribution < 1.29 is 18.0 Å². The monoisotopic (exact) mass is 328 g/mol. The summed E-state index contributed by atoms with van der Waals surface area (Å²) in [5.41, 5.74) is -0.947. The highest BCUT2D eigenvalue weighted by atomic mass is 79.9. The van der Waals surface area contributed by atoms with E-state index in [4.69, 9.17) is 11.6 Å². The second-order valence-electron chi connectivity index (χ2n) is 3.49. The summed E-state index contributed by atoms with van der Waals surface area (Å²) in [5.74, 6) is -0.637. The molecule has 17 heavy (non-hydrogen) atoms. The topological polar surface area (TPSA) is 17.1 Å². The summed E-state index contributed by atoms with van der Waals surface area (Å²) in [6, 6.07) is 4.04. The maximum Gasteiger partial charge on any atom is 0.417 e. The van der Waals surface area contributed by atoms with E-state index in [1.54, 1.807) is 0 Å². The second kappa shape index (κ2) is 5.40. The predicted molar refractivity (Wildman–Crippen MR) is 63.4 cm³/mol. The van der Waals surface area contributed by atoms with Crippen molar-refractivity contribution in [2.45, 2.75) is 23.8 Å². The summed E-state index contributed by atoms with van der Waals surface area (Å²) < 4.78 is 38.8. The number of halogens is 5. The molecule has 94 valence electrons. The van der Waals surface area contributed by atoms with Gasteiger partial charge in [-0.25, -0.2) is 0 Å². The third-order valence-corrected chi connectivity index (χ3v) is 3.67. The maximum atomic E-state index is 12.9. The Balaban J connectivity index is 3.45. The summed E-state index contributed by atoms with van der Waals surface area (Å²) in [5, 5.41) is 0. The van der Waals surface area contributed by atoms with Crippen molar-refractivity contribution in [1.29, 1.82) is 0 Å². The molecule has 0 N–H and O–H groups in total. The van der Waals surface area contributed by atoms with Crippen LogP contribution in [0.3, 0.4) is 0 Å². The Kier molecular flexibility index (Phi) is 4.61. The van der Waals surface area contributed by atoms with Crippen molar-refractivity contribution in [3.8, 4) is 0 Å². The molecule has 0 saturated heterocycles. The van der Waals surface area contributed by atoms with Crippen molar-refractivity contribution >= 4 is 33.3 Å². The number of hydrogen-bond acceptors (Lipinski definition) is 1. The average molecular weight is 330 g/mol. The van der Waals surface area contributed by atoms with Gasteiger partial charge in [-0.05, 0) is 18.1 Å². The van der Waals surface area contributed by atoms with Gasteiger partial charge in [0.15, 0.2) is 0 Å². The first-order chi connectivity index (χ1) is 7.79. The van der Waals surface area contributed by atoms with E-state index in [1.165, 1.54) is 25.1 Å². The van der Waals surface area contributed by atoms with Gasteiger partial charge in [0, 0.05) is 5.88 Å². The fourth-order valence-electron chi connectivity index (χ4n) is 1.51. The van der Waals surface area contributed by atoms with Gasteiger partial charge in [-0.15, -0.1) is 11.6 Å². The van der Waals surface area contributed by atoms with Gasteiger partial charge in [-0.2, -0.15) is 13.2 Å². The Morgan fingerprint density at radius 1 is 1.47 bits per heavy atom. The van der Waals surface area contributed by atoms with Crippen LogP contribution in [0.25, 0.3) is 0 Å². The Morgan fingerprint density at radius 3 is 2.47 bits per heavy atom. The van der Waals surface area contributed by atoms with Gasteiger partial charge in [0.1, 0.15) is 5.78 Å². The lowest BCUT2D eigenvalue weighted by molar-refractivity contribution is -0.138. The molecule has 0 amide bonds. The van der Waals surface area contributed by atoms with Crippen LogP contribution < -0.4 is 0 Å². The molecule has 6 heteroatoms. The van der Waals surface area contributed by atoms with E-state index < -0.39 is 16.6 Å². The molecular weight excluding hydrogens is 320 g/mol. The minimum Gasteiger partial charge on any atom is -0.298 e. The lowest BCUT2D eigenvalue weighted by atomic mass is 9.97. The van der Waals surface area contributed by atoms with Gasteiger partial charge < -0.3 is 0 Å². The van der Waals surface area contributed by atoms with Crippen LogP contribution in [0.5, 0.6) is 0 Å². The molecule has 0 spiro atoms. The fraction of sp³-hybridized carbons (Fsp3) is 0.364. The molecule has 1 rings (SSSR count). The van der Waals surface area contributed by atoms with Crippen LogP contribution in [-0.4, -0.2) is 5.78 Å². The molecule has 1 unspecified atom stereocenters. The number of hydrogen-bond donors (Lipinski definition) is 0. The van der Waals surface area contributed by atoms with Gasteiger partial charge in [-0.1, -0.05) is 34.1 Å². The van der Waals surface area contributed by atoms with Crippen molar-refractivity contribution in [2.24, 2.45) is 0 Å². The molecular formula is C11H9BrClF3O. The smallest absolute Gasteiger partial charge is 0.298 e. The first kappa shape index (κ1) is 14.5. The summed E-state index contributed by atoms with van der Waals surface area (Å²) in [6.07, 6.45) is -4.53. The SMILES string of the molecule is CC(=O)C(Br)c1cccc(CCl)c1C(F)(F)F. The van der Waals surface area contributed by atoms with Gasteiger partial charge in [-0.3, -0.25) is 4.79 Å². The molecule has 0 fully saturated rings. The van der Waals surface area contributed by atoms with E-state index in [2.05, 4.69) is 15.9 Å². The van der Waals surface area contributed by atoms with E-state index in [-0.39, 0.29) is 22.8 Å². The van der Waals surface area contributed by atoms with Crippen LogP contribution in [0.15, 0.2) is 18.2 Å². The van der Waals surface area contributed by atoms with Crippen LogP contribution in [0.2, 0.25) is 0 Å². The van der Waals surface area contributed by atoms with Crippen molar-refractivity contribution in [1.82, 2.24) is 0 Å². The molecule has 0 saturated carbocycles. The number of carbonyl (C=O) groups excluding carboxylic acids is 1. The Hall–Kier alpha value is -0.550. The minimum atomic E-state index is -4.53. The maximum absolute atomic E-state index is 12.9. The Labute approximate surface area is 110 Å². The number of ketones is 1. The molecule has 0 radical (unpaired) electrons. The summed E-state index contributed by atoms with van der Waals surface area (Å²) in [6.45, 7) is 1.23. The van der Waals surface area contributed by atoms with Crippen molar-refractivity contribution in [2.75, 3.05) is 0 Å². The van der Waals surface area contributed by atoms with Gasteiger partial charge in [0.25, 0.3) is 0 Å². The average Bonchev–Trinajstić information content (AvgIpc) is 2.25. The molecule has 1 nitrogen and oxygen atoms in total. The summed E-state index contributed by atoms with van der Waals surface area (Å²) in [4.78, 5) is 10.2. The van der Waals surface area contributed by atoms with Crippen LogP contribution in [0, 0.1) is 0 Å². The van der Waals surface area contributed by atoms with Crippen molar-refractivity contribution in [3.63, 3.8) is 0 Å². The Bertz CT molecular complexity index is 431. The molecule has 0 heterocycles. The highest BCUT2D eigenvalue weighted by Gasteiger charge is 2.37. The van der Waals surface area contributed by atoms with E-state index >= 15 is 0 Å². The standard InChI is InChI=1S/C11H9BrClF3O/c1-6(17)10(12)8-4-2-3-7(5-13)9(8)11(14,15)16/h2-4,10H,5H2,1H3. The van der Waals surface area contributed by atoms with Crippen molar-refractivity contribution in [3.05, 3.63) is 34.9 Å². The summed E-state index contributed by atoms with van der Waals surface area (Å²) >= 11 is 8.46. The number of rotatable bonds is 3. The molecule has 1 aromatic carbocycles. The number of benzene rings is 1. The highest BCUT2D eigenvalue weighted by molar-refractivity contribution is 9.09. The third kappa shape index (κ3) is 3.22. The van der Waals surface area contributed by atoms with Crippen LogP contribution >= 0.6 is 27.5 Å². The Morgan fingerprint density at radius 2 is 2.06 bits per heavy atom. The zero-order chi connectivity index (χ0) is 13.2. The second-order valence-corrected chi connectivity index (χ2v) is 4.67. The predicted octanol–water partition coefficient (Wildman–Crippen LogP) is 4.47.